The van der Waals surface area contributed by atoms with Crippen LogP contribution < -0.4 is 0 Å². The van der Waals surface area contributed by atoms with Crippen molar-refractivity contribution >= 4 is 11.6 Å². The smallest absolute Gasteiger partial charge is 0.166 e. The van der Waals surface area contributed by atoms with E-state index in [1.165, 1.54) is 25.3 Å². The molecule has 1 unspecified atom stereocenters. The van der Waals surface area contributed by atoms with Crippen LogP contribution in [0.15, 0.2) is 24.3 Å². The first-order chi connectivity index (χ1) is 8.08. The van der Waals surface area contributed by atoms with E-state index in [0.29, 0.717) is 12.3 Å². The van der Waals surface area contributed by atoms with Crippen LogP contribution in [-0.4, -0.2) is 11.6 Å². The molecule has 0 bridgehead atoms. The molecule has 1 atom stereocenters. The van der Waals surface area contributed by atoms with E-state index >= 15 is 0 Å². The maximum atomic E-state index is 12.1. The second-order valence-electron chi connectivity index (χ2n) is 5.07. The zero-order chi connectivity index (χ0) is 12.4. The van der Waals surface area contributed by atoms with E-state index in [2.05, 4.69) is 6.07 Å². The highest BCUT2D eigenvalue weighted by atomic mass is 16.1. The fourth-order valence-electron chi connectivity index (χ4n) is 2.17. The molecule has 1 saturated carbocycles. The van der Waals surface area contributed by atoms with Gasteiger partial charge in [0.2, 0.25) is 0 Å². The van der Waals surface area contributed by atoms with Gasteiger partial charge in [0.25, 0.3) is 0 Å². The molecule has 0 aliphatic heterocycles. The molecule has 90 valence electrons. The first-order valence-electron chi connectivity index (χ1n) is 6.21. The molecule has 0 N–H and O–H groups in total. The van der Waals surface area contributed by atoms with Crippen molar-refractivity contribution in [2.75, 3.05) is 0 Å². The lowest BCUT2D eigenvalue weighted by Gasteiger charge is -2.09. The number of Topliss-reactive ketones (excluding diaryl/α,β-unsaturated/α-hetero) is 2. The number of hydrogen-bond acceptors (Lipinski definition) is 2. The first kappa shape index (κ1) is 12.0. The summed E-state index contributed by atoms with van der Waals surface area (Å²) in [7, 11) is 0. The van der Waals surface area contributed by atoms with E-state index in [9.17, 15) is 9.59 Å². The van der Waals surface area contributed by atoms with Crippen LogP contribution in [0.5, 0.6) is 0 Å². The molecule has 0 saturated heterocycles. The summed E-state index contributed by atoms with van der Waals surface area (Å²) in [4.78, 5) is 23.1. The molecule has 1 fully saturated rings. The van der Waals surface area contributed by atoms with Crippen molar-refractivity contribution in [3.05, 3.63) is 35.4 Å². The summed E-state index contributed by atoms with van der Waals surface area (Å²) in [6.07, 6.45) is 2.81. The quantitative estimate of drug-likeness (QED) is 0.727. The molecule has 0 radical (unpaired) electrons. The number of benzene rings is 1. The van der Waals surface area contributed by atoms with Crippen LogP contribution in [0.1, 0.15) is 54.9 Å². The van der Waals surface area contributed by atoms with Crippen LogP contribution >= 0.6 is 0 Å². The lowest BCUT2D eigenvalue weighted by molar-refractivity contribution is -0.117. The fraction of sp³-hybridized carbons (Fsp3) is 0.467. The third-order valence-corrected chi connectivity index (χ3v) is 3.26. The Hall–Kier alpha value is -1.44. The zero-order valence-electron chi connectivity index (χ0n) is 10.4. The van der Waals surface area contributed by atoms with Gasteiger partial charge in [0, 0.05) is 17.9 Å². The van der Waals surface area contributed by atoms with Gasteiger partial charge in [-0.3, -0.25) is 4.79 Å². The molecule has 0 spiro atoms. The number of hydrogen-bond donors (Lipinski definition) is 0. The Labute approximate surface area is 102 Å². The Balaban J connectivity index is 2.12. The van der Waals surface area contributed by atoms with E-state index in [4.69, 9.17) is 0 Å². The van der Waals surface area contributed by atoms with E-state index < -0.39 is 0 Å². The van der Waals surface area contributed by atoms with Crippen molar-refractivity contribution in [2.45, 2.75) is 39.0 Å². The minimum absolute atomic E-state index is 0.0733. The molecular formula is C15H18O2. The van der Waals surface area contributed by atoms with Gasteiger partial charge in [0.1, 0.15) is 5.78 Å². The molecule has 0 amide bonds. The summed E-state index contributed by atoms with van der Waals surface area (Å²) >= 11 is 0. The van der Waals surface area contributed by atoms with Crippen LogP contribution in [0.25, 0.3) is 0 Å². The average molecular weight is 230 g/mol. The third-order valence-electron chi connectivity index (χ3n) is 3.26. The number of carbonyl (C=O) groups is 2. The zero-order valence-corrected chi connectivity index (χ0v) is 10.4. The number of rotatable bonds is 5. The summed E-state index contributed by atoms with van der Waals surface area (Å²) in [5, 5.41) is 0. The van der Waals surface area contributed by atoms with Crippen molar-refractivity contribution in [1.82, 2.24) is 0 Å². The third kappa shape index (κ3) is 3.02. The molecule has 2 heteroatoms. The summed E-state index contributed by atoms with van der Waals surface area (Å²) in [6.45, 7) is 3.36. The fourth-order valence-corrected chi connectivity index (χ4v) is 2.17. The van der Waals surface area contributed by atoms with Gasteiger partial charge in [0.05, 0.1) is 0 Å². The second kappa shape index (κ2) is 4.82. The summed E-state index contributed by atoms with van der Waals surface area (Å²) in [5.41, 5.74) is 2.02. The molecule has 1 aliphatic rings. The van der Waals surface area contributed by atoms with E-state index in [0.717, 1.165) is 5.56 Å². The van der Waals surface area contributed by atoms with Crippen molar-refractivity contribution < 1.29 is 9.59 Å². The Morgan fingerprint density at radius 3 is 2.65 bits per heavy atom. The van der Waals surface area contributed by atoms with E-state index in [1.807, 2.05) is 25.1 Å². The molecule has 17 heavy (non-hydrogen) atoms. The predicted octanol–water partition coefficient (Wildman–Crippen LogP) is 3.36. The van der Waals surface area contributed by atoms with Crippen LogP contribution in [-0.2, 0) is 4.79 Å². The summed E-state index contributed by atoms with van der Waals surface area (Å²) < 4.78 is 0. The van der Waals surface area contributed by atoms with E-state index in [1.54, 1.807) is 0 Å². The largest absolute Gasteiger partial charge is 0.300 e. The summed E-state index contributed by atoms with van der Waals surface area (Å²) in [6, 6.07) is 7.88. The normalized spacial score (nSPS) is 16.6. The van der Waals surface area contributed by atoms with E-state index in [-0.39, 0.29) is 17.5 Å². The minimum atomic E-state index is -0.207. The highest BCUT2D eigenvalue weighted by Crippen LogP contribution is 2.40. The molecule has 1 aromatic carbocycles. The van der Waals surface area contributed by atoms with Gasteiger partial charge in [-0.25, -0.2) is 0 Å². The maximum Gasteiger partial charge on any atom is 0.166 e. The Bertz CT molecular complexity index is 444. The lowest BCUT2D eigenvalue weighted by atomic mass is 9.93. The van der Waals surface area contributed by atoms with Gasteiger partial charge in [-0.05, 0) is 37.3 Å². The van der Waals surface area contributed by atoms with Gasteiger partial charge in [-0.1, -0.05) is 25.1 Å². The maximum absolute atomic E-state index is 12.1. The van der Waals surface area contributed by atoms with Gasteiger partial charge in [-0.15, -0.1) is 0 Å². The van der Waals surface area contributed by atoms with Crippen LogP contribution in [0.4, 0.5) is 0 Å². The Morgan fingerprint density at radius 2 is 2.06 bits per heavy atom. The van der Waals surface area contributed by atoms with Crippen molar-refractivity contribution in [3.63, 3.8) is 0 Å². The van der Waals surface area contributed by atoms with Crippen molar-refractivity contribution in [2.24, 2.45) is 5.92 Å². The average Bonchev–Trinajstić information content (AvgIpc) is 3.11. The van der Waals surface area contributed by atoms with Crippen molar-refractivity contribution in [3.8, 4) is 0 Å². The SMILES string of the molecule is CC(=O)CC(C)C(=O)c1cccc(C2CC2)c1. The minimum Gasteiger partial charge on any atom is -0.300 e. The molecular weight excluding hydrogens is 212 g/mol. The molecule has 1 aliphatic carbocycles. The Morgan fingerprint density at radius 1 is 1.35 bits per heavy atom. The second-order valence-corrected chi connectivity index (χ2v) is 5.07. The standard InChI is InChI=1S/C15H18O2/c1-10(8-11(2)16)15(17)14-5-3-4-13(9-14)12-6-7-12/h3-5,9-10,12H,6-8H2,1-2H3. The van der Waals surface area contributed by atoms with Gasteiger partial charge in [-0.2, -0.15) is 0 Å². The molecule has 1 aromatic rings. The highest BCUT2D eigenvalue weighted by Gasteiger charge is 2.24. The lowest BCUT2D eigenvalue weighted by Crippen LogP contribution is -2.14. The van der Waals surface area contributed by atoms with Crippen molar-refractivity contribution in [1.29, 1.82) is 0 Å². The van der Waals surface area contributed by atoms with Crippen LogP contribution in [0, 0.1) is 5.92 Å². The molecule has 2 rings (SSSR count). The van der Waals surface area contributed by atoms with Gasteiger partial charge in [0.15, 0.2) is 5.78 Å². The predicted molar refractivity (Wildman–Crippen MR) is 67.2 cm³/mol. The molecule has 0 aromatic heterocycles. The number of ketones is 2. The van der Waals surface area contributed by atoms with Crippen LogP contribution in [0.3, 0.4) is 0 Å². The number of carbonyl (C=O) groups excluding carboxylic acids is 2. The summed E-state index contributed by atoms with van der Waals surface area (Å²) in [5.74, 6) is 0.611. The topological polar surface area (TPSA) is 34.1 Å². The first-order valence-corrected chi connectivity index (χ1v) is 6.21. The Kier molecular flexibility index (Phi) is 3.41. The van der Waals surface area contributed by atoms with Crippen LogP contribution in [0.2, 0.25) is 0 Å². The van der Waals surface area contributed by atoms with Gasteiger partial charge >= 0.3 is 0 Å². The molecule has 0 heterocycles. The highest BCUT2D eigenvalue weighted by molar-refractivity contribution is 5.99. The molecule has 2 nitrogen and oxygen atoms in total. The van der Waals surface area contributed by atoms with Gasteiger partial charge < -0.3 is 4.79 Å². The monoisotopic (exact) mass is 230 g/mol.